The number of ketones is 2. The van der Waals surface area contributed by atoms with E-state index in [0.717, 1.165) is 0 Å². The molecule has 7 nitrogen and oxygen atoms in total. The van der Waals surface area contributed by atoms with Crippen molar-refractivity contribution in [2.45, 2.75) is 0 Å². The summed E-state index contributed by atoms with van der Waals surface area (Å²) in [5, 5.41) is 0. The SMILES string of the molecule is COc1ccc(C#Cc2cc(OC)c(OC)cc2C(=O)C(=O)c2ccc(OC)c(OC)c2)cc1. The lowest BCUT2D eigenvalue weighted by Gasteiger charge is -2.12. The van der Waals surface area contributed by atoms with Gasteiger partial charge < -0.3 is 23.7 Å². The van der Waals surface area contributed by atoms with Crippen molar-refractivity contribution < 1.29 is 33.3 Å². The van der Waals surface area contributed by atoms with Gasteiger partial charge in [-0.1, -0.05) is 11.8 Å². The Morgan fingerprint density at radius 2 is 1.18 bits per heavy atom. The summed E-state index contributed by atoms with van der Waals surface area (Å²) in [7, 11) is 7.45. The largest absolute Gasteiger partial charge is 0.497 e. The van der Waals surface area contributed by atoms with Gasteiger partial charge in [-0.2, -0.15) is 0 Å². The number of hydrogen-bond acceptors (Lipinski definition) is 7. The highest BCUT2D eigenvalue weighted by molar-refractivity contribution is 6.49. The molecule has 0 aliphatic heterocycles. The van der Waals surface area contributed by atoms with Gasteiger partial charge in [0.05, 0.1) is 35.5 Å². The lowest BCUT2D eigenvalue weighted by Crippen LogP contribution is -2.16. The molecule has 0 unspecified atom stereocenters. The third-order valence-corrected chi connectivity index (χ3v) is 5.05. The van der Waals surface area contributed by atoms with Gasteiger partial charge in [0.2, 0.25) is 11.6 Å². The highest BCUT2D eigenvalue weighted by Crippen LogP contribution is 2.32. The van der Waals surface area contributed by atoms with E-state index < -0.39 is 11.6 Å². The van der Waals surface area contributed by atoms with Crippen LogP contribution in [-0.4, -0.2) is 47.1 Å². The lowest BCUT2D eigenvalue weighted by atomic mass is 9.96. The number of ether oxygens (including phenoxy) is 5. The molecule has 0 saturated heterocycles. The quantitative estimate of drug-likeness (QED) is 0.283. The molecule has 0 spiro atoms. The fraction of sp³-hybridized carbons (Fsp3) is 0.185. The molecule has 3 aromatic carbocycles. The van der Waals surface area contributed by atoms with Crippen LogP contribution in [0, 0.1) is 11.8 Å². The first-order valence-electron chi connectivity index (χ1n) is 10.2. The van der Waals surface area contributed by atoms with Crippen molar-refractivity contribution >= 4 is 11.6 Å². The normalized spacial score (nSPS) is 9.91. The van der Waals surface area contributed by atoms with Crippen molar-refractivity contribution in [3.05, 3.63) is 76.9 Å². The van der Waals surface area contributed by atoms with Crippen molar-refractivity contribution in [1.82, 2.24) is 0 Å². The summed E-state index contributed by atoms with van der Waals surface area (Å²) in [6.07, 6.45) is 0. The van der Waals surface area contributed by atoms with Gasteiger partial charge >= 0.3 is 0 Å². The Morgan fingerprint density at radius 1 is 0.588 bits per heavy atom. The second-order valence-electron chi connectivity index (χ2n) is 6.96. The summed E-state index contributed by atoms with van der Waals surface area (Å²) in [4.78, 5) is 26.4. The molecule has 0 atom stereocenters. The Morgan fingerprint density at radius 3 is 1.76 bits per heavy atom. The fourth-order valence-corrected chi connectivity index (χ4v) is 3.21. The molecule has 0 amide bonds. The van der Waals surface area contributed by atoms with Crippen LogP contribution in [0.4, 0.5) is 0 Å². The standard InChI is InChI=1S/C27H24O7/c1-30-20-11-7-17(8-12-20)6-9-18-14-24(33-4)25(34-5)16-21(18)27(29)26(28)19-10-13-22(31-2)23(15-19)32-3/h7-8,10-16H,1-5H3. The topological polar surface area (TPSA) is 80.3 Å². The number of Topliss-reactive ketones (excluding diaryl/α,β-unsaturated/α-hetero) is 2. The third kappa shape index (κ3) is 5.13. The molecular formula is C27H24O7. The van der Waals surface area contributed by atoms with Gasteiger partial charge in [-0.15, -0.1) is 0 Å². The molecule has 174 valence electrons. The van der Waals surface area contributed by atoms with Gasteiger partial charge in [0.1, 0.15) is 5.75 Å². The Hall–Kier alpha value is -4.44. The molecule has 0 radical (unpaired) electrons. The Labute approximate surface area is 198 Å². The molecule has 0 heterocycles. The maximum Gasteiger partial charge on any atom is 0.234 e. The first-order chi connectivity index (χ1) is 16.4. The Balaban J connectivity index is 2.06. The first-order valence-corrected chi connectivity index (χ1v) is 10.2. The maximum atomic E-state index is 13.3. The summed E-state index contributed by atoms with van der Waals surface area (Å²) in [5.74, 6) is 6.70. The maximum absolute atomic E-state index is 13.3. The van der Waals surface area contributed by atoms with Crippen LogP contribution in [0.25, 0.3) is 0 Å². The molecule has 0 saturated carbocycles. The summed E-state index contributed by atoms with van der Waals surface area (Å²) < 4.78 is 26.3. The van der Waals surface area contributed by atoms with E-state index in [1.807, 2.05) is 0 Å². The van der Waals surface area contributed by atoms with Gasteiger partial charge in [0.15, 0.2) is 23.0 Å². The van der Waals surface area contributed by atoms with E-state index in [0.29, 0.717) is 39.9 Å². The molecule has 0 N–H and O–H groups in total. The predicted octanol–water partition coefficient (Wildman–Crippen LogP) is 4.20. The smallest absolute Gasteiger partial charge is 0.234 e. The van der Waals surface area contributed by atoms with Crippen molar-refractivity contribution in [2.24, 2.45) is 0 Å². The summed E-state index contributed by atoms with van der Waals surface area (Å²) >= 11 is 0. The third-order valence-electron chi connectivity index (χ3n) is 5.05. The first kappa shape index (κ1) is 24.2. The molecule has 7 heteroatoms. The molecule has 0 bridgehead atoms. The predicted molar refractivity (Wildman–Crippen MR) is 127 cm³/mol. The highest BCUT2D eigenvalue weighted by atomic mass is 16.5. The minimum atomic E-state index is -0.743. The van der Waals surface area contributed by atoms with E-state index in [1.54, 1.807) is 43.5 Å². The van der Waals surface area contributed by atoms with Gasteiger partial charge in [-0.3, -0.25) is 9.59 Å². The summed E-state index contributed by atoms with van der Waals surface area (Å²) in [5.41, 5.74) is 1.29. The van der Waals surface area contributed by atoms with E-state index in [9.17, 15) is 9.59 Å². The minimum absolute atomic E-state index is 0.0958. The summed E-state index contributed by atoms with van der Waals surface area (Å²) in [6, 6.07) is 14.7. The second kappa shape index (κ2) is 10.9. The van der Waals surface area contributed by atoms with Gasteiger partial charge in [-0.25, -0.2) is 0 Å². The number of rotatable bonds is 8. The van der Waals surface area contributed by atoms with E-state index in [1.165, 1.54) is 46.6 Å². The van der Waals surface area contributed by atoms with Crippen molar-refractivity contribution in [3.63, 3.8) is 0 Å². The highest BCUT2D eigenvalue weighted by Gasteiger charge is 2.24. The molecule has 3 aromatic rings. The van der Waals surface area contributed by atoms with Crippen LogP contribution < -0.4 is 23.7 Å². The fourth-order valence-electron chi connectivity index (χ4n) is 3.21. The van der Waals surface area contributed by atoms with Gasteiger partial charge in [0, 0.05) is 28.3 Å². The monoisotopic (exact) mass is 460 g/mol. The van der Waals surface area contributed by atoms with Crippen molar-refractivity contribution in [3.8, 4) is 40.6 Å². The number of benzene rings is 3. The number of methoxy groups -OCH3 is 5. The second-order valence-corrected chi connectivity index (χ2v) is 6.96. The van der Waals surface area contributed by atoms with Crippen molar-refractivity contribution in [2.75, 3.05) is 35.5 Å². The molecular weight excluding hydrogens is 436 g/mol. The van der Waals surface area contributed by atoms with Crippen LogP contribution in [0.5, 0.6) is 28.7 Å². The Bertz CT molecular complexity index is 1260. The zero-order chi connectivity index (χ0) is 24.7. The molecule has 3 rings (SSSR count). The average Bonchev–Trinajstić information content (AvgIpc) is 2.90. The number of hydrogen-bond donors (Lipinski definition) is 0. The zero-order valence-electron chi connectivity index (χ0n) is 19.6. The van der Waals surface area contributed by atoms with Crippen LogP contribution in [-0.2, 0) is 0 Å². The number of carbonyl (C=O) groups is 2. The number of carbonyl (C=O) groups excluding carboxylic acids is 2. The lowest BCUT2D eigenvalue weighted by molar-refractivity contribution is 0.0816. The van der Waals surface area contributed by atoms with Crippen LogP contribution in [0.15, 0.2) is 54.6 Å². The van der Waals surface area contributed by atoms with Crippen LogP contribution in [0.1, 0.15) is 31.8 Å². The Kier molecular flexibility index (Phi) is 7.78. The van der Waals surface area contributed by atoms with Gasteiger partial charge in [-0.05, 0) is 48.5 Å². The van der Waals surface area contributed by atoms with Crippen molar-refractivity contribution in [1.29, 1.82) is 0 Å². The van der Waals surface area contributed by atoms with Crippen LogP contribution in [0.3, 0.4) is 0 Å². The van der Waals surface area contributed by atoms with E-state index in [4.69, 9.17) is 23.7 Å². The molecule has 0 aromatic heterocycles. The minimum Gasteiger partial charge on any atom is -0.497 e. The van der Waals surface area contributed by atoms with E-state index >= 15 is 0 Å². The molecule has 0 aliphatic rings. The van der Waals surface area contributed by atoms with E-state index in [-0.39, 0.29) is 11.1 Å². The average molecular weight is 460 g/mol. The molecule has 34 heavy (non-hydrogen) atoms. The van der Waals surface area contributed by atoms with E-state index in [2.05, 4.69) is 11.8 Å². The van der Waals surface area contributed by atoms with Gasteiger partial charge in [0.25, 0.3) is 0 Å². The molecule has 0 fully saturated rings. The van der Waals surface area contributed by atoms with Crippen LogP contribution in [0.2, 0.25) is 0 Å². The summed E-state index contributed by atoms with van der Waals surface area (Å²) in [6.45, 7) is 0. The van der Waals surface area contributed by atoms with Crippen LogP contribution >= 0.6 is 0 Å². The zero-order valence-corrected chi connectivity index (χ0v) is 19.6. The molecule has 0 aliphatic carbocycles.